The number of benzene rings is 2. The number of aliphatic hydroxyl groups excluding tert-OH is 1. The SMILES string of the molecule is CC(O)C1CC(c2ccccc2O[C@@H]2CC[C@@H](C)NC2C(=O)c2cccc(-n3nccn3)c2)C1. The number of carbonyl (C=O) groups excluding carboxylic acids is 1. The number of carbonyl (C=O) groups is 1. The number of ether oxygens (including phenoxy) is 1. The molecule has 1 aliphatic carbocycles. The Hall–Kier alpha value is -3.03. The van der Waals surface area contributed by atoms with E-state index in [-0.39, 0.29) is 24.0 Å². The highest BCUT2D eigenvalue weighted by molar-refractivity contribution is 6.01. The molecule has 2 aromatic carbocycles. The van der Waals surface area contributed by atoms with E-state index in [2.05, 4.69) is 28.5 Å². The molecule has 0 spiro atoms. The van der Waals surface area contributed by atoms with Crippen molar-refractivity contribution in [2.24, 2.45) is 5.92 Å². The van der Waals surface area contributed by atoms with Crippen LogP contribution >= 0.6 is 0 Å². The van der Waals surface area contributed by atoms with Gasteiger partial charge in [0, 0.05) is 11.6 Å². The molecule has 2 N–H and O–H groups in total. The van der Waals surface area contributed by atoms with Gasteiger partial charge in [-0.2, -0.15) is 15.0 Å². The van der Waals surface area contributed by atoms with Crippen LogP contribution in [-0.4, -0.2) is 50.2 Å². The molecule has 5 rings (SSSR count). The van der Waals surface area contributed by atoms with Crippen molar-refractivity contribution in [1.29, 1.82) is 0 Å². The van der Waals surface area contributed by atoms with E-state index < -0.39 is 6.04 Å². The second-order valence-corrected chi connectivity index (χ2v) is 9.72. The van der Waals surface area contributed by atoms with Gasteiger partial charge in [-0.1, -0.05) is 30.3 Å². The fourth-order valence-electron chi connectivity index (χ4n) is 5.16. The molecule has 2 fully saturated rings. The molecule has 2 unspecified atom stereocenters. The molecule has 0 bridgehead atoms. The van der Waals surface area contributed by atoms with Gasteiger partial charge >= 0.3 is 0 Å². The van der Waals surface area contributed by atoms with Gasteiger partial charge in [-0.15, -0.1) is 0 Å². The number of nitrogens with zero attached hydrogens (tertiary/aromatic N) is 3. The number of para-hydroxylation sites is 1. The summed E-state index contributed by atoms with van der Waals surface area (Å²) < 4.78 is 6.57. The third kappa shape index (κ3) is 4.63. The van der Waals surface area contributed by atoms with Gasteiger partial charge in [0.15, 0.2) is 5.78 Å². The Morgan fingerprint density at radius 1 is 1.12 bits per heavy atom. The summed E-state index contributed by atoms with van der Waals surface area (Å²) in [6, 6.07) is 15.4. The van der Waals surface area contributed by atoms with Gasteiger partial charge < -0.3 is 15.2 Å². The molecule has 0 radical (unpaired) electrons. The lowest BCUT2D eigenvalue weighted by molar-refractivity contribution is 0.0584. The van der Waals surface area contributed by atoms with Crippen molar-refractivity contribution in [3.63, 3.8) is 0 Å². The highest BCUT2D eigenvalue weighted by Gasteiger charge is 2.38. The summed E-state index contributed by atoms with van der Waals surface area (Å²) in [5.74, 6) is 1.60. The van der Waals surface area contributed by atoms with Crippen molar-refractivity contribution in [3.05, 3.63) is 72.1 Å². The van der Waals surface area contributed by atoms with Crippen molar-refractivity contribution in [1.82, 2.24) is 20.3 Å². The Bertz CT molecular complexity index is 1120. The fraction of sp³-hybridized carbons (Fsp3) is 0.444. The summed E-state index contributed by atoms with van der Waals surface area (Å²) in [6.07, 6.45) is 6.38. The normalized spacial score (nSPS) is 27.6. The first-order valence-electron chi connectivity index (χ1n) is 12.2. The van der Waals surface area contributed by atoms with Crippen molar-refractivity contribution >= 4 is 5.78 Å². The molecule has 34 heavy (non-hydrogen) atoms. The number of aliphatic hydroxyl groups is 1. The van der Waals surface area contributed by atoms with Crippen LogP contribution in [0.1, 0.15) is 61.4 Å². The minimum atomic E-state index is -0.441. The molecule has 1 saturated heterocycles. The summed E-state index contributed by atoms with van der Waals surface area (Å²) in [6.45, 7) is 3.98. The van der Waals surface area contributed by atoms with Gasteiger partial charge in [-0.25, -0.2) is 0 Å². The van der Waals surface area contributed by atoms with E-state index in [1.165, 1.54) is 10.4 Å². The largest absolute Gasteiger partial charge is 0.488 e. The van der Waals surface area contributed by atoms with Crippen LogP contribution in [0.3, 0.4) is 0 Å². The predicted octanol–water partition coefficient (Wildman–Crippen LogP) is 3.91. The van der Waals surface area contributed by atoms with Crippen LogP contribution in [0, 0.1) is 5.92 Å². The van der Waals surface area contributed by atoms with E-state index in [9.17, 15) is 9.90 Å². The summed E-state index contributed by atoms with van der Waals surface area (Å²) in [7, 11) is 0. The number of nitrogens with one attached hydrogen (secondary N) is 1. The first-order valence-corrected chi connectivity index (χ1v) is 12.2. The third-order valence-corrected chi connectivity index (χ3v) is 7.28. The number of Topliss-reactive ketones (excluding diaryl/α,β-unsaturated/α-hetero) is 1. The molecule has 2 aliphatic rings. The van der Waals surface area contributed by atoms with E-state index in [4.69, 9.17) is 4.74 Å². The molecule has 7 heteroatoms. The molecule has 178 valence electrons. The molecule has 0 amide bonds. The molecule has 7 nitrogen and oxygen atoms in total. The van der Waals surface area contributed by atoms with Crippen LogP contribution in [0.5, 0.6) is 5.75 Å². The predicted molar refractivity (Wildman–Crippen MR) is 129 cm³/mol. The minimum Gasteiger partial charge on any atom is -0.488 e. The van der Waals surface area contributed by atoms with E-state index in [0.29, 0.717) is 17.4 Å². The Balaban J connectivity index is 1.36. The van der Waals surface area contributed by atoms with E-state index in [1.807, 2.05) is 49.4 Å². The molecule has 1 aromatic heterocycles. The van der Waals surface area contributed by atoms with E-state index in [0.717, 1.165) is 37.1 Å². The maximum Gasteiger partial charge on any atom is 0.183 e. The zero-order chi connectivity index (χ0) is 23.7. The van der Waals surface area contributed by atoms with Gasteiger partial charge in [0.2, 0.25) is 0 Å². The molecule has 1 aliphatic heterocycles. The topological polar surface area (TPSA) is 89.3 Å². The van der Waals surface area contributed by atoms with Gasteiger partial charge in [0.05, 0.1) is 24.2 Å². The lowest BCUT2D eigenvalue weighted by Crippen LogP contribution is -2.55. The van der Waals surface area contributed by atoms with Crippen LogP contribution in [0.4, 0.5) is 0 Å². The highest BCUT2D eigenvalue weighted by Crippen LogP contribution is 2.46. The number of ketones is 1. The van der Waals surface area contributed by atoms with Gasteiger partial charge in [0.25, 0.3) is 0 Å². The van der Waals surface area contributed by atoms with Crippen LogP contribution < -0.4 is 10.1 Å². The van der Waals surface area contributed by atoms with Crippen LogP contribution in [-0.2, 0) is 0 Å². The summed E-state index contributed by atoms with van der Waals surface area (Å²) >= 11 is 0. The van der Waals surface area contributed by atoms with Crippen molar-refractivity contribution < 1.29 is 14.6 Å². The summed E-state index contributed by atoms with van der Waals surface area (Å²) in [5.41, 5.74) is 2.54. The van der Waals surface area contributed by atoms with Gasteiger partial charge in [-0.3, -0.25) is 4.79 Å². The molecular formula is C27H32N4O3. The Morgan fingerprint density at radius 3 is 2.65 bits per heavy atom. The Labute approximate surface area is 200 Å². The second-order valence-electron chi connectivity index (χ2n) is 9.72. The van der Waals surface area contributed by atoms with E-state index in [1.54, 1.807) is 12.4 Å². The average Bonchev–Trinajstić information content (AvgIpc) is 3.35. The monoisotopic (exact) mass is 460 g/mol. The average molecular weight is 461 g/mol. The first kappa shape index (κ1) is 22.7. The lowest BCUT2D eigenvalue weighted by atomic mass is 9.69. The number of hydrogen-bond acceptors (Lipinski definition) is 6. The van der Waals surface area contributed by atoms with Crippen molar-refractivity contribution in [2.45, 2.75) is 69.7 Å². The standard InChI is InChI=1S/C27H32N4O3/c1-17-10-11-25(34-24-9-4-3-8-23(24)21-14-20(15-21)18(2)32)26(30-17)27(33)19-6-5-7-22(16-19)31-28-12-13-29-31/h3-9,12-13,16-18,20-21,25-26,30,32H,10-11,14-15H2,1-2H3/t17-,18?,20?,21?,25-,26?/m1/s1. The number of hydrogen-bond donors (Lipinski definition) is 2. The van der Waals surface area contributed by atoms with Crippen molar-refractivity contribution in [2.75, 3.05) is 0 Å². The van der Waals surface area contributed by atoms with Crippen LogP contribution in [0.25, 0.3) is 5.69 Å². The third-order valence-electron chi connectivity index (χ3n) is 7.28. The van der Waals surface area contributed by atoms with Crippen LogP contribution in [0.15, 0.2) is 60.9 Å². The highest BCUT2D eigenvalue weighted by atomic mass is 16.5. The van der Waals surface area contributed by atoms with Gasteiger partial charge in [-0.05, 0) is 75.1 Å². The molecule has 3 aromatic rings. The summed E-state index contributed by atoms with van der Waals surface area (Å²) in [4.78, 5) is 15.2. The first-order chi connectivity index (χ1) is 16.5. The Kier molecular flexibility index (Phi) is 6.48. The zero-order valence-corrected chi connectivity index (χ0v) is 19.7. The number of rotatable bonds is 7. The van der Waals surface area contributed by atoms with E-state index >= 15 is 0 Å². The van der Waals surface area contributed by atoms with Crippen molar-refractivity contribution in [3.8, 4) is 11.4 Å². The Morgan fingerprint density at radius 2 is 1.88 bits per heavy atom. The lowest BCUT2D eigenvalue weighted by Gasteiger charge is -2.40. The zero-order valence-electron chi connectivity index (χ0n) is 19.7. The molecule has 2 heterocycles. The second kappa shape index (κ2) is 9.68. The maximum atomic E-state index is 13.7. The molecule has 1 saturated carbocycles. The summed E-state index contributed by atoms with van der Waals surface area (Å²) in [5, 5.41) is 21.7. The number of aromatic nitrogens is 3. The number of piperidine rings is 1. The smallest absolute Gasteiger partial charge is 0.183 e. The van der Waals surface area contributed by atoms with Crippen LogP contribution in [0.2, 0.25) is 0 Å². The van der Waals surface area contributed by atoms with Gasteiger partial charge in [0.1, 0.15) is 17.9 Å². The fourth-order valence-corrected chi connectivity index (χ4v) is 5.16. The maximum absolute atomic E-state index is 13.7. The molecule has 4 atom stereocenters. The quantitative estimate of drug-likeness (QED) is 0.520. The molecular weight excluding hydrogens is 428 g/mol. The minimum absolute atomic E-state index is 0.0147.